The Hall–Kier alpha value is 0.260. The minimum absolute atomic E-state index is 0. The van der Waals surface area contributed by atoms with Gasteiger partial charge in [0.1, 0.15) is 0 Å². The molecular weight excluding hydrogens is 471 g/mol. The van der Waals surface area contributed by atoms with Crippen molar-refractivity contribution in [2.75, 3.05) is 63.1 Å². The van der Waals surface area contributed by atoms with E-state index in [0.29, 0.717) is 24.3 Å². The molecule has 0 aromatic carbocycles. The maximum absolute atomic E-state index is 11.5. The molecule has 9 heteroatoms. The molecule has 2 rings (SSSR count). The van der Waals surface area contributed by atoms with E-state index in [2.05, 4.69) is 47.6 Å². The predicted molar refractivity (Wildman–Crippen MR) is 119 cm³/mol. The summed E-state index contributed by atoms with van der Waals surface area (Å²) >= 11 is 2.07. The lowest BCUT2D eigenvalue weighted by atomic mass is 10.1. The Morgan fingerprint density at radius 3 is 2.56 bits per heavy atom. The summed E-state index contributed by atoms with van der Waals surface area (Å²) in [6.45, 7) is 12.5. The molecule has 0 aliphatic carbocycles. The Bertz CT molecular complexity index is 514. The molecule has 1 N–H and O–H groups in total. The van der Waals surface area contributed by atoms with Crippen LogP contribution in [0, 0.1) is 5.92 Å². The zero-order valence-corrected chi connectivity index (χ0v) is 19.6. The van der Waals surface area contributed by atoms with Gasteiger partial charge in [0.2, 0.25) is 0 Å². The molecule has 0 radical (unpaired) electrons. The summed E-state index contributed by atoms with van der Waals surface area (Å²) in [5.74, 6) is 3.41. The highest BCUT2D eigenvalue weighted by Gasteiger charge is 2.25. The van der Waals surface area contributed by atoms with Gasteiger partial charge < -0.3 is 10.2 Å². The number of hydrogen-bond donors (Lipinski definition) is 1. The second kappa shape index (κ2) is 11.2. The molecule has 6 nitrogen and oxygen atoms in total. The van der Waals surface area contributed by atoms with Crippen molar-refractivity contribution in [3.63, 3.8) is 0 Å². The number of nitrogens with one attached hydrogen (secondary N) is 1. The number of aliphatic imine (C=N–C) groups is 1. The molecule has 0 amide bonds. The number of thioether (sulfide) groups is 1. The van der Waals surface area contributed by atoms with Gasteiger partial charge in [0.15, 0.2) is 15.8 Å². The first-order chi connectivity index (χ1) is 11.4. The monoisotopic (exact) mass is 504 g/mol. The summed E-state index contributed by atoms with van der Waals surface area (Å²) in [7, 11) is -2.80. The number of sulfone groups is 1. The first-order valence-electron chi connectivity index (χ1n) is 8.99. The molecule has 2 aliphatic rings. The SMILES string of the molecule is CCNC(=NCCN1CCS(=O)(=O)CC1)N1CCSC(C(C)C)C1.I. The highest BCUT2D eigenvalue weighted by molar-refractivity contribution is 14.0. The topological polar surface area (TPSA) is 65.0 Å². The van der Waals surface area contributed by atoms with Gasteiger partial charge in [0.25, 0.3) is 0 Å². The summed E-state index contributed by atoms with van der Waals surface area (Å²) in [6, 6.07) is 0. The second-order valence-corrected chi connectivity index (χ2v) is 10.5. The third kappa shape index (κ3) is 7.80. The molecule has 0 saturated carbocycles. The highest BCUT2D eigenvalue weighted by atomic mass is 127. The molecule has 2 heterocycles. The van der Waals surface area contributed by atoms with Crippen molar-refractivity contribution < 1.29 is 8.42 Å². The summed E-state index contributed by atoms with van der Waals surface area (Å²) < 4.78 is 23.0. The van der Waals surface area contributed by atoms with Gasteiger partial charge in [-0.25, -0.2) is 8.42 Å². The summed E-state index contributed by atoms with van der Waals surface area (Å²) in [4.78, 5) is 9.38. The standard InChI is InChI=1S/C16H32N4O2S2.HI/c1-4-17-16(20-7-10-23-15(13-20)14(2)3)18-5-6-19-8-11-24(21,22)12-9-19;/h14-15H,4-13H2,1-3H3,(H,17,18);1H. The minimum atomic E-state index is -2.80. The lowest BCUT2D eigenvalue weighted by Gasteiger charge is -2.36. The van der Waals surface area contributed by atoms with Gasteiger partial charge >= 0.3 is 0 Å². The number of hydrogen-bond acceptors (Lipinski definition) is 5. The van der Waals surface area contributed by atoms with Gasteiger partial charge in [0.05, 0.1) is 18.1 Å². The maximum atomic E-state index is 11.5. The largest absolute Gasteiger partial charge is 0.357 e. The van der Waals surface area contributed by atoms with Crippen LogP contribution < -0.4 is 5.32 Å². The molecule has 2 fully saturated rings. The van der Waals surface area contributed by atoms with Crippen LogP contribution in [0.4, 0.5) is 0 Å². The van der Waals surface area contributed by atoms with Crippen LogP contribution in [0.3, 0.4) is 0 Å². The van der Waals surface area contributed by atoms with E-state index in [4.69, 9.17) is 4.99 Å². The van der Waals surface area contributed by atoms with E-state index in [-0.39, 0.29) is 35.5 Å². The molecule has 2 aliphatic heterocycles. The van der Waals surface area contributed by atoms with Crippen LogP contribution in [-0.4, -0.2) is 92.5 Å². The van der Waals surface area contributed by atoms with E-state index >= 15 is 0 Å². The molecule has 0 aromatic rings. The Morgan fingerprint density at radius 1 is 1.28 bits per heavy atom. The van der Waals surface area contributed by atoms with Crippen LogP contribution >= 0.6 is 35.7 Å². The predicted octanol–water partition coefficient (Wildman–Crippen LogP) is 1.37. The lowest BCUT2D eigenvalue weighted by Crippen LogP contribution is -2.49. The Balaban J connectivity index is 0.00000312. The average molecular weight is 505 g/mol. The van der Waals surface area contributed by atoms with E-state index in [0.717, 1.165) is 44.4 Å². The maximum Gasteiger partial charge on any atom is 0.194 e. The minimum Gasteiger partial charge on any atom is -0.357 e. The van der Waals surface area contributed by atoms with E-state index in [1.54, 1.807) is 0 Å². The Kier molecular flexibility index (Phi) is 10.4. The zero-order valence-electron chi connectivity index (χ0n) is 15.6. The van der Waals surface area contributed by atoms with Gasteiger partial charge in [-0.2, -0.15) is 11.8 Å². The first-order valence-corrected chi connectivity index (χ1v) is 11.9. The van der Waals surface area contributed by atoms with Crippen molar-refractivity contribution in [2.45, 2.75) is 26.0 Å². The number of guanidine groups is 1. The molecule has 1 unspecified atom stereocenters. The van der Waals surface area contributed by atoms with E-state index in [1.165, 1.54) is 0 Å². The number of halogens is 1. The van der Waals surface area contributed by atoms with Crippen LogP contribution in [0.2, 0.25) is 0 Å². The van der Waals surface area contributed by atoms with Crippen molar-refractivity contribution >= 4 is 51.5 Å². The van der Waals surface area contributed by atoms with Crippen molar-refractivity contribution in [3.8, 4) is 0 Å². The fourth-order valence-electron chi connectivity index (χ4n) is 2.97. The van der Waals surface area contributed by atoms with Gasteiger partial charge in [0, 0.05) is 50.3 Å². The smallest absolute Gasteiger partial charge is 0.194 e. The highest BCUT2D eigenvalue weighted by Crippen LogP contribution is 2.24. The Morgan fingerprint density at radius 2 is 1.96 bits per heavy atom. The lowest BCUT2D eigenvalue weighted by molar-refractivity contribution is 0.303. The van der Waals surface area contributed by atoms with Gasteiger partial charge in [-0.3, -0.25) is 9.89 Å². The van der Waals surface area contributed by atoms with E-state index in [9.17, 15) is 8.42 Å². The number of nitrogens with zero attached hydrogens (tertiary/aromatic N) is 3. The second-order valence-electron chi connectivity index (χ2n) is 6.83. The van der Waals surface area contributed by atoms with Crippen LogP contribution in [0.5, 0.6) is 0 Å². The molecule has 0 spiro atoms. The van der Waals surface area contributed by atoms with Crippen LogP contribution in [0.15, 0.2) is 4.99 Å². The van der Waals surface area contributed by atoms with E-state index < -0.39 is 9.84 Å². The van der Waals surface area contributed by atoms with Gasteiger partial charge in [-0.15, -0.1) is 24.0 Å². The van der Waals surface area contributed by atoms with Crippen LogP contribution in [-0.2, 0) is 9.84 Å². The van der Waals surface area contributed by atoms with Crippen molar-refractivity contribution in [1.82, 2.24) is 15.1 Å². The first kappa shape index (κ1) is 23.3. The third-order valence-electron chi connectivity index (χ3n) is 4.59. The molecule has 0 aromatic heterocycles. The molecule has 2 saturated heterocycles. The van der Waals surface area contributed by atoms with Crippen molar-refractivity contribution in [2.24, 2.45) is 10.9 Å². The molecule has 1 atom stereocenters. The molecular formula is C16H33IN4O2S2. The Labute approximate surface area is 174 Å². The molecule has 0 bridgehead atoms. The van der Waals surface area contributed by atoms with Gasteiger partial charge in [-0.1, -0.05) is 13.8 Å². The number of rotatable bonds is 5. The summed E-state index contributed by atoms with van der Waals surface area (Å²) in [5, 5.41) is 4.08. The van der Waals surface area contributed by atoms with Gasteiger partial charge in [-0.05, 0) is 12.8 Å². The van der Waals surface area contributed by atoms with Crippen LogP contribution in [0.1, 0.15) is 20.8 Å². The fourth-order valence-corrected chi connectivity index (χ4v) is 5.54. The molecule has 148 valence electrons. The summed E-state index contributed by atoms with van der Waals surface area (Å²) in [5.41, 5.74) is 0. The fraction of sp³-hybridized carbons (Fsp3) is 0.938. The molecule has 25 heavy (non-hydrogen) atoms. The normalized spacial score (nSPS) is 24.9. The average Bonchev–Trinajstić information content (AvgIpc) is 2.55. The van der Waals surface area contributed by atoms with Crippen LogP contribution in [0.25, 0.3) is 0 Å². The zero-order chi connectivity index (χ0) is 17.6. The third-order valence-corrected chi connectivity index (χ3v) is 7.74. The quantitative estimate of drug-likeness (QED) is 0.347. The van der Waals surface area contributed by atoms with Crippen molar-refractivity contribution in [1.29, 1.82) is 0 Å². The summed E-state index contributed by atoms with van der Waals surface area (Å²) in [6.07, 6.45) is 0. The van der Waals surface area contributed by atoms with Crippen molar-refractivity contribution in [3.05, 3.63) is 0 Å². The van der Waals surface area contributed by atoms with E-state index in [1.807, 2.05) is 0 Å².